The van der Waals surface area contributed by atoms with Crippen LogP contribution < -0.4 is 24.3 Å². The van der Waals surface area contributed by atoms with Gasteiger partial charge in [-0.2, -0.15) is 0 Å². The lowest BCUT2D eigenvalue weighted by Gasteiger charge is -2.15. The van der Waals surface area contributed by atoms with Gasteiger partial charge in [0.15, 0.2) is 0 Å². The lowest BCUT2D eigenvalue weighted by Crippen LogP contribution is -2.14. The number of methoxy groups -OCH3 is 2. The van der Waals surface area contributed by atoms with E-state index in [4.69, 9.17) is 18.9 Å². The molecule has 0 atom stereocenters. The van der Waals surface area contributed by atoms with Gasteiger partial charge in [0.1, 0.15) is 29.6 Å². The number of hydrogen-bond donors (Lipinski definition) is 1. The monoisotopic (exact) mass is 407 g/mol. The van der Waals surface area contributed by atoms with Crippen molar-refractivity contribution in [2.75, 3.05) is 26.1 Å². The molecule has 0 heterocycles. The Hall–Kier alpha value is -3.67. The largest absolute Gasteiger partial charge is 0.497 e. The van der Waals surface area contributed by atoms with Gasteiger partial charge in [-0.05, 0) is 49.4 Å². The average molecular weight is 407 g/mol. The summed E-state index contributed by atoms with van der Waals surface area (Å²) in [6.45, 7) is 2.71. The third-order valence-electron chi connectivity index (χ3n) is 4.41. The molecule has 0 saturated heterocycles. The van der Waals surface area contributed by atoms with Crippen LogP contribution in [0.2, 0.25) is 0 Å². The Morgan fingerprint density at radius 3 is 2.30 bits per heavy atom. The van der Waals surface area contributed by atoms with Gasteiger partial charge in [0, 0.05) is 17.2 Å². The molecule has 0 spiro atoms. The molecular weight excluding hydrogens is 382 g/mol. The van der Waals surface area contributed by atoms with Crippen LogP contribution >= 0.6 is 0 Å². The standard InChI is InChI=1S/C24H25NO5/c1-4-29-22-12-10-17(14-18(22)16-30-19-8-6-5-7-9-19)24(26)25-21-15-20(27-2)11-13-23(21)28-3/h5-15H,4,16H2,1-3H3,(H,25,26). The number of ether oxygens (including phenoxy) is 4. The second kappa shape index (κ2) is 10.2. The van der Waals surface area contributed by atoms with Crippen molar-refractivity contribution in [2.24, 2.45) is 0 Å². The van der Waals surface area contributed by atoms with Gasteiger partial charge in [-0.25, -0.2) is 0 Å². The summed E-state index contributed by atoms with van der Waals surface area (Å²) >= 11 is 0. The fraction of sp³-hybridized carbons (Fsp3) is 0.208. The number of carbonyl (C=O) groups excluding carboxylic acids is 1. The van der Waals surface area contributed by atoms with E-state index in [-0.39, 0.29) is 12.5 Å². The smallest absolute Gasteiger partial charge is 0.255 e. The predicted molar refractivity (Wildman–Crippen MR) is 116 cm³/mol. The first-order chi connectivity index (χ1) is 14.6. The van der Waals surface area contributed by atoms with Crippen LogP contribution in [0.5, 0.6) is 23.0 Å². The predicted octanol–water partition coefficient (Wildman–Crippen LogP) is 4.93. The fourth-order valence-electron chi connectivity index (χ4n) is 2.91. The number of para-hydroxylation sites is 1. The number of anilines is 1. The molecule has 30 heavy (non-hydrogen) atoms. The maximum Gasteiger partial charge on any atom is 0.255 e. The normalized spacial score (nSPS) is 10.2. The van der Waals surface area contributed by atoms with Crippen LogP contribution in [0.15, 0.2) is 66.7 Å². The molecule has 0 fully saturated rings. The number of carbonyl (C=O) groups is 1. The van der Waals surface area contributed by atoms with Gasteiger partial charge in [0.2, 0.25) is 0 Å². The minimum atomic E-state index is -0.273. The molecule has 0 unspecified atom stereocenters. The quantitative estimate of drug-likeness (QED) is 0.545. The Morgan fingerprint density at radius 1 is 0.833 bits per heavy atom. The molecule has 156 valence electrons. The highest BCUT2D eigenvalue weighted by Gasteiger charge is 2.14. The molecule has 0 aliphatic heterocycles. The SMILES string of the molecule is CCOc1ccc(C(=O)Nc2cc(OC)ccc2OC)cc1COc1ccccc1. The molecule has 0 radical (unpaired) electrons. The first-order valence-corrected chi connectivity index (χ1v) is 9.61. The highest BCUT2D eigenvalue weighted by molar-refractivity contribution is 6.05. The third-order valence-corrected chi connectivity index (χ3v) is 4.41. The molecule has 0 aliphatic rings. The van der Waals surface area contributed by atoms with Gasteiger partial charge in [-0.1, -0.05) is 18.2 Å². The average Bonchev–Trinajstić information content (AvgIpc) is 2.79. The van der Waals surface area contributed by atoms with Gasteiger partial charge in [0.25, 0.3) is 5.91 Å². The van der Waals surface area contributed by atoms with Crippen LogP contribution in [-0.4, -0.2) is 26.7 Å². The molecule has 0 saturated carbocycles. The molecule has 0 aliphatic carbocycles. The fourth-order valence-corrected chi connectivity index (χ4v) is 2.91. The summed E-state index contributed by atoms with van der Waals surface area (Å²) < 4.78 is 22.1. The highest BCUT2D eigenvalue weighted by atomic mass is 16.5. The van der Waals surface area contributed by atoms with E-state index in [0.29, 0.717) is 35.1 Å². The number of rotatable bonds is 9. The minimum Gasteiger partial charge on any atom is -0.497 e. The van der Waals surface area contributed by atoms with Crippen LogP contribution in [0.3, 0.4) is 0 Å². The third kappa shape index (κ3) is 5.23. The zero-order valence-corrected chi connectivity index (χ0v) is 17.3. The van der Waals surface area contributed by atoms with Crippen molar-refractivity contribution < 1.29 is 23.7 Å². The van der Waals surface area contributed by atoms with Crippen molar-refractivity contribution in [3.8, 4) is 23.0 Å². The summed E-state index contributed by atoms with van der Waals surface area (Å²) in [5.41, 5.74) is 1.79. The van der Waals surface area contributed by atoms with Gasteiger partial charge in [0.05, 0.1) is 26.5 Å². The van der Waals surface area contributed by atoms with E-state index in [1.54, 1.807) is 50.6 Å². The molecule has 0 aromatic heterocycles. The van der Waals surface area contributed by atoms with Crippen molar-refractivity contribution in [1.29, 1.82) is 0 Å². The van der Waals surface area contributed by atoms with Crippen LogP contribution in [0, 0.1) is 0 Å². The number of amides is 1. The van der Waals surface area contributed by atoms with Gasteiger partial charge < -0.3 is 24.3 Å². The molecular formula is C24H25NO5. The molecule has 1 N–H and O–H groups in total. The Balaban J connectivity index is 1.82. The first-order valence-electron chi connectivity index (χ1n) is 9.61. The number of nitrogens with one attached hydrogen (secondary N) is 1. The van der Waals surface area contributed by atoms with Gasteiger partial charge in [-0.3, -0.25) is 4.79 Å². The van der Waals surface area contributed by atoms with E-state index in [1.807, 2.05) is 37.3 Å². The lowest BCUT2D eigenvalue weighted by atomic mass is 10.1. The number of hydrogen-bond acceptors (Lipinski definition) is 5. The Labute approximate surface area is 176 Å². The maximum absolute atomic E-state index is 12.9. The van der Waals surface area contributed by atoms with Crippen molar-refractivity contribution in [3.63, 3.8) is 0 Å². The van der Waals surface area contributed by atoms with Crippen LogP contribution in [0.4, 0.5) is 5.69 Å². The Bertz CT molecular complexity index is 988. The van der Waals surface area contributed by atoms with E-state index in [9.17, 15) is 4.79 Å². The van der Waals surface area contributed by atoms with Gasteiger partial charge in [-0.15, -0.1) is 0 Å². The minimum absolute atomic E-state index is 0.273. The van der Waals surface area contributed by atoms with Crippen molar-refractivity contribution >= 4 is 11.6 Å². The lowest BCUT2D eigenvalue weighted by molar-refractivity contribution is 0.102. The summed E-state index contributed by atoms with van der Waals surface area (Å²) in [5, 5.41) is 2.88. The zero-order chi connectivity index (χ0) is 21.3. The van der Waals surface area contributed by atoms with Crippen LogP contribution in [-0.2, 0) is 6.61 Å². The summed E-state index contributed by atoms with van der Waals surface area (Å²) in [6.07, 6.45) is 0. The van der Waals surface area contributed by atoms with Crippen molar-refractivity contribution in [1.82, 2.24) is 0 Å². The summed E-state index contributed by atoms with van der Waals surface area (Å²) in [6, 6.07) is 20.0. The van der Waals surface area contributed by atoms with Crippen LogP contribution in [0.25, 0.3) is 0 Å². The summed E-state index contributed by atoms with van der Waals surface area (Å²) in [4.78, 5) is 12.9. The Kier molecular flexibility index (Phi) is 7.16. The molecule has 3 aromatic carbocycles. The van der Waals surface area contributed by atoms with Crippen molar-refractivity contribution in [3.05, 3.63) is 77.9 Å². The molecule has 3 aromatic rings. The second-order valence-corrected chi connectivity index (χ2v) is 6.38. The van der Waals surface area contributed by atoms with E-state index in [2.05, 4.69) is 5.32 Å². The van der Waals surface area contributed by atoms with Gasteiger partial charge >= 0.3 is 0 Å². The zero-order valence-electron chi connectivity index (χ0n) is 17.3. The highest BCUT2D eigenvalue weighted by Crippen LogP contribution is 2.30. The molecule has 6 nitrogen and oxygen atoms in total. The number of benzene rings is 3. The first kappa shape index (κ1) is 21.0. The molecule has 1 amide bonds. The molecule has 6 heteroatoms. The van der Waals surface area contributed by atoms with E-state index in [1.165, 1.54) is 0 Å². The molecule has 3 rings (SSSR count). The summed E-state index contributed by atoms with van der Waals surface area (Å²) in [5.74, 6) is 2.32. The van der Waals surface area contributed by atoms with E-state index < -0.39 is 0 Å². The van der Waals surface area contributed by atoms with Crippen molar-refractivity contribution in [2.45, 2.75) is 13.5 Å². The second-order valence-electron chi connectivity index (χ2n) is 6.38. The summed E-state index contributed by atoms with van der Waals surface area (Å²) in [7, 11) is 3.12. The topological polar surface area (TPSA) is 66.0 Å². The molecule has 0 bridgehead atoms. The Morgan fingerprint density at radius 2 is 1.60 bits per heavy atom. The van der Waals surface area contributed by atoms with Crippen LogP contribution in [0.1, 0.15) is 22.8 Å². The van der Waals surface area contributed by atoms with E-state index >= 15 is 0 Å². The maximum atomic E-state index is 12.9. The van der Waals surface area contributed by atoms with E-state index in [0.717, 1.165) is 11.3 Å².